The van der Waals surface area contributed by atoms with Crippen molar-refractivity contribution < 1.29 is 13.3 Å². The summed E-state index contributed by atoms with van der Waals surface area (Å²) in [7, 11) is -2.25. The van der Waals surface area contributed by atoms with E-state index in [0.717, 1.165) is 5.56 Å². The Morgan fingerprint density at radius 2 is 2.08 bits per heavy atom. The number of benzene rings is 1. The van der Waals surface area contributed by atoms with Crippen molar-refractivity contribution in [3.05, 3.63) is 29.8 Å². The summed E-state index contributed by atoms with van der Waals surface area (Å²) in [5.74, 6) is 0. The van der Waals surface area contributed by atoms with Crippen LogP contribution < -0.4 is 4.89 Å². The van der Waals surface area contributed by atoms with Crippen LogP contribution in [0.2, 0.25) is 0 Å². The summed E-state index contributed by atoms with van der Waals surface area (Å²) in [5, 5.41) is 0. The van der Waals surface area contributed by atoms with Crippen molar-refractivity contribution >= 4 is 10.0 Å². The Labute approximate surface area is 77.5 Å². The lowest BCUT2D eigenvalue weighted by Crippen LogP contribution is -2.22. The molecule has 1 rings (SSSR count). The quantitative estimate of drug-likeness (QED) is 0.737. The topological polar surface area (TPSA) is 55.4 Å². The fraction of sp³-hybridized carbons (Fsp3) is 0.250. The van der Waals surface area contributed by atoms with Crippen molar-refractivity contribution in [1.29, 1.82) is 0 Å². The fourth-order valence-corrected chi connectivity index (χ4v) is 1.85. The van der Waals surface area contributed by atoms with Crippen LogP contribution in [-0.2, 0) is 14.9 Å². The molecule has 1 N–H and O–H groups in total. The maximum Gasteiger partial charge on any atom is 0.262 e. The second-order valence-electron chi connectivity index (χ2n) is 2.61. The molecule has 0 aliphatic heterocycles. The van der Waals surface area contributed by atoms with Gasteiger partial charge in [0.05, 0.1) is 12.0 Å². The molecule has 0 unspecified atom stereocenters. The van der Waals surface area contributed by atoms with Crippen molar-refractivity contribution in [2.24, 2.45) is 0 Å². The van der Waals surface area contributed by atoms with E-state index in [2.05, 4.69) is 4.84 Å². The van der Waals surface area contributed by atoms with Crippen LogP contribution in [0.15, 0.2) is 29.2 Å². The maximum absolute atomic E-state index is 11.3. The molecule has 0 amide bonds. The highest BCUT2D eigenvalue weighted by atomic mass is 32.2. The summed E-state index contributed by atoms with van der Waals surface area (Å²) in [5.41, 5.74) is 0.888. The third-order valence-electron chi connectivity index (χ3n) is 1.49. The Hall–Kier alpha value is -0.910. The lowest BCUT2D eigenvalue weighted by atomic mass is 10.2. The first-order valence-corrected chi connectivity index (χ1v) is 5.16. The predicted molar refractivity (Wildman–Crippen MR) is 48.5 cm³/mol. The zero-order chi connectivity index (χ0) is 9.90. The average molecular weight is 201 g/mol. The highest BCUT2D eigenvalue weighted by molar-refractivity contribution is 7.89. The van der Waals surface area contributed by atoms with Crippen LogP contribution in [0.3, 0.4) is 0 Å². The molecule has 1 aromatic rings. The van der Waals surface area contributed by atoms with Crippen LogP contribution in [-0.4, -0.2) is 15.5 Å². The number of hydrogen-bond acceptors (Lipinski definition) is 3. The van der Waals surface area contributed by atoms with Gasteiger partial charge in [-0.2, -0.15) is 0 Å². The SMILES string of the molecule is CONS(=O)(=O)c1cccc(C)c1. The van der Waals surface area contributed by atoms with Gasteiger partial charge in [-0.05, 0) is 24.6 Å². The standard InChI is InChI=1S/C8H11NO3S/c1-7-4-3-5-8(6-7)13(10,11)9-12-2/h3-6,9H,1-2H3. The highest BCUT2D eigenvalue weighted by Gasteiger charge is 2.12. The van der Waals surface area contributed by atoms with E-state index in [0.29, 0.717) is 0 Å². The Balaban J connectivity index is 3.08. The molecular weight excluding hydrogens is 190 g/mol. The Morgan fingerprint density at radius 1 is 1.38 bits per heavy atom. The summed E-state index contributed by atoms with van der Waals surface area (Å²) in [6.07, 6.45) is 0. The Bertz CT molecular complexity index is 386. The highest BCUT2D eigenvalue weighted by Crippen LogP contribution is 2.09. The summed E-state index contributed by atoms with van der Waals surface area (Å²) in [6.45, 7) is 1.83. The van der Waals surface area contributed by atoms with E-state index < -0.39 is 10.0 Å². The van der Waals surface area contributed by atoms with Gasteiger partial charge in [0, 0.05) is 0 Å². The lowest BCUT2D eigenvalue weighted by molar-refractivity contribution is 0.153. The van der Waals surface area contributed by atoms with Gasteiger partial charge in [0.15, 0.2) is 0 Å². The number of rotatable bonds is 3. The van der Waals surface area contributed by atoms with Crippen LogP contribution in [0.5, 0.6) is 0 Å². The van der Waals surface area contributed by atoms with E-state index in [4.69, 9.17) is 0 Å². The average Bonchev–Trinajstić information content (AvgIpc) is 2.04. The summed E-state index contributed by atoms with van der Waals surface area (Å²) in [6, 6.07) is 6.58. The second-order valence-corrected chi connectivity index (χ2v) is 4.25. The minimum absolute atomic E-state index is 0.203. The molecule has 0 fully saturated rings. The van der Waals surface area contributed by atoms with Gasteiger partial charge in [-0.15, -0.1) is 0 Å². The minimum Gasteiger partial charge on any atom is -0.290 e. The summed E-state index contributed by atoms with van der Waals surface area (Å²) < 4.78 is 22.7. The van der Waals surface area contributed by atoms with E-state index >= 15 is 0 Å². The summed E-state index contributed by atoms with van der Waals surface area (Å²) in [4.78, 5) is 6.50. The first-order valence-electron chi connectivity index (χ1n) is 3.68. The van der Waals surface area contributed by atoms with Crippen LogP contribution >= 0.6 is 0 Å². The molecule has 0 atom stereocenters. The second kappa shape index (κ2) is 3.87. The van der Waals surface area contributed by atoms with E-state index in [-0.39, 0.29) is 4.90 Å². The van der Waals surface area contributed by atoms with Crippen molar-refractivity contribution in [3.8, 4) is 0 Å². The molecule has 72 valence electrons. The zero-order valence-electron chi connectivity index (χ0n) is 7.44. The molecule has 0 heterocycles. The molecule has 4 nitrogen and oxygen atoms in total. The first kappa shape index (κ1) is 10.2. The third kappa shape index (κ3) is 2.51. The molecule has 0 aliphatic rings. The molecule has 0 saturated carbocycles. The smallest absolute Gasteiger partial charge is 0.262 e. The van der Waals surface area contributed by atoms with Gasteiger partial charge in [0.1, 0.15) is 0 Å². The predicted octanol–water partition coefficient (Wildman–Crippen LogP) is 0.835. The number of hydrogen-bond donors (Lipinski definition) is 1. The molecule has 0 aliphatic carbocycles. The molecule has 0 saturated heterocycles. The van der Waals surface area contributed by atoms with Crippen molar-refractivity contribution in [1.82, 2.24) is 4.89 Å². The van der Waals surface area contributed by atoms with Crippen molar-refractivity contribution in [2.45, 2.75) is 11.8 Å². The van der Waals surface area contributed by atoms with Gasteiger partial charge in [-0.3, -0.25) is 4.84 Å². The molecule has 0 spiro atoms. The maximum atomic E-state index is 11.3. The number of aryl methyl sites for hydroxylation is 1. The first-order chi connectivity index (χ1) is 6.06. The fourth-order valence-electron chi connectivity index (χ4n) is 0.940. The molecule has 0 aromatic heterocycles. The van der Waals surface area contributed by atoms with Crippen molar-refractivity contribution in [2.75, 3.05) is 7.11 Å². The van der Waals surface area contributed by atoms with E-state index in [1.807, 2.05) is 17.9 Å². The van der Waals surface area contributed by atoms with Crippen LogP contribution in [0, 0.1) is 6.92 Å². The largest absolute Gasteiger partial charge is 0.290 e. The van der Waals surface area contributed by atoms with Crippen LogP contribution in [0.1, 0.15) is 5.56 Å². The van der Waals surface area contributed by atoms with Gasteiger partial charge >= 0.3 is 0 Å². The molecule has 1 aromatic carbocycles. The molecule has 0 bridgehead atoms. The molecular formula is C8H11NO3S. The van der Waals surface area contributed by atoms with Gasteiger partial charge in [0.2, 0.25) is 0 Å². The van der Waals surface area contributed by atoms with E-state index in [9.17, 15) is 8.42 Å². The Kier molecular flexibility index (Phi) is 3.02. The number of nitrogens with one attached hydrogen (secondary N) is 1. The lowest BCUT2D eigenvalue weighted by Gasteiger charge is -2.04. The van der Waals surface area contributed by atoms with E-state index in [1.165, 1.54) is 13.2 Å². The summed E-state index contributed by atoms with van der Waals surface area (Å²) >= 11 is 0. The Morgan fingerprint density at radius 3 is 2.62 bits per heavy atom. The van der Waals surface area contributed by atoms with Crippen molar-refractivity contribution in [3.63, 3.8) is 0 Å². The molecule has 0 radical (unpaired) electrons. The molecule has 13 heavy (non-hydrogen) atoms. The van der Waals surface area contributed by atoms with Gasteiger partial charge in [-0.25, -0.2) is 8.42 Å². The monoisotopic (exact) mass is 201 g/mol. The molecule has 5 heteroatoms. The number of sulfonamides is 1. The van der Waals surface area contributed by atoms with Gasteiger partial charge in [-0.1, -0.05) is 17.0 Å². The van der Waals surface area contributed by atoms with Gasteiger partial charge in [0.25, 0.3) is 10.0 Å². The minimum atomic E-state index is -3.51. The normalized spacial score (nSPS) is 11.5. The van der Waals surface area contributed by atoms with Gasteiger partial charge < -0.3 is 0 Å². The third-order valence-corrected chi connectivity index (χ3v) is 2.75. The zero-order valence-corrected chi connectivity index (χ0v) is 8.26. The van der Waals surface area contributed by atoms with E-state index in [1.54, 1.807) is 12.1 Å². The van der Waals surface area contributed by atoms with Crippen LogP contribution in [0.4, 0.5) is 0 Å². The van der Waals surface area contributed by atoms with Crippen LogP contribution in [0.25, 0.3) is 0 Å².